The molecule has 452 valence electrons. The summed E-state index contributed by atoms with van der Waals surface area (Å²) in [6, 6.07) is 33.6. The number of carbonyl (C=O) groups is 8. The van der Waals surface area contributed by atoms with Gasteiger partial charge in [0.15, 0.2) is 0 Å². The van der Waals surface area contributed by atoms with Crippen LogP contribution in [0.2, 0.25) is 0 Å². The van der Waals surface area contributed by atoms with Gasteiger partial charge in [-0.3, -0.25) is 38.4 Å². The molecule has 4 aromatic carbocycles. The van der Waals surface area contributed by atoms with Crippen molar-refractivity contribution in [3.63, 3.8) is 0 Å². The van der Waals surface area contributed by atoms with Crippen molar-refractivity contribution in [2.75, 3.05) is 78.5 Å². The van der Waals surface area contributed by atoms with Gasteiger partial charge in [-0.1, -0.05) is 135 Å². The molecular formula is C64H95N11O8+2. The standard InChI is InChI=1S/C64H93N11O8/c1-9-47(3)70(58(77)39-68-37-25-23-35-65)43-61(80)71(48(4)10-2)44-62(81)75(52(8)56-33-21-14-22-34-56)46-64(83)73(50(6)54-29-17-12-18-30-54)42-59(78)69(38-26-24-36-66)41-60(79)74(51(7)55-31-19-13-20-32-55)45-63(82)72(40-57(67)76)49(5)53-27-15-11-16-28-53/h11-22,27-34,47-52,68H,9-10,23-26,35-46,65-66H2,1-8H3,(H2,67,76)/p+2/t47-,48-,49-,50-,51-,52-/m0/s1. The van der Waals surface area contributed by atoms with E-state index in [0.717, 1.165) is 41.6 Å². The summed E-state index contributed by atoms with van der Waals surface area (Å²) in [6.45, 7) is 14.2. The van der Waals surface area contributed by atoms with Gasteiger partial charge in [0.25, 0.3) is 0 Å². The fourth-order valence-electron chi connectivity index (χ4n) is 9.94. The second-order valence-corrected chi connectivity index (χ2v) is 21.6. The maximum Gasteiger partial charge on any atom is 0.243 e. The largest absolute Gasteiger partial charge is 0.368 e. The van der Waals surface area contributed by atoms with E-state index in [1.807, 2.05) is 156 Å². The molecular weight excluding hydrogens is 1050 g/mol. The van der Waals surface area contributed by atoms with Gasteiger partial charge >= 0.3 is 0 Å². The SMILES string of the molecule is CC[C@H](C)N(CC(=O)N(CC(=O)N(CC(=O)N(CC(=O)N(CCCC[NH3+])CC(=O)N(CC(=O)N(CC(N)=O)[C@@H](C)c1ccccc1)[C@@H](C)c1ccccc1)[C@@H](C)c1ccccc1)[C@@H](C)c1ccccc1)[C@@H](C)CC)C(=O)CNCCCC[NH3+]. The molecule has 0 radical (unpaired) electrons. The lowest BCUT2D eigenvalue weighted by Crippen LogP contribution is -2.54. The predicted octanol–water partition coefficient (Wildman–Crippen LogP) is 4.55. The van der Waals surface area contributed by atoms with Gasteiger partial charge in [-0.25, -0.2) is 0 Å². The Hall–Kier alpha value is -7.48. The molecule has 0 bridgehead atoms. The molecule has 4 rings (SSSR count). The molecule has 0 aliphatic heterocycles. The second kappa shape index (κ2) is 35.5. The first-order chi connectivity index (χ1) is 39.8. The smallest absolute Gasteiger partial charge is 0.243 e. The number of unbranched alkanes of at least 4 members (excludes halogenated alkanes) is 2. The van der Waals surface area contributed by atoms with Gasteiger partial charge in [-0.05, 0) is 109 Å². The maximum absolute atomic E-state index is 15.4. The summed E-state index contributed by atoms with van der Waals surface area (Å²) in [5.41, 5.74) is 16.5. The second-order valence-electron chi connectivity index (χ2n) is 21.6. The van der Waals surface area contributed by atoms with Crippen LogP contribution in [0.25, 0.3) is 0 Å². The molecule has 83 heavy (non-hydrogen) atoms. The molecule has 9 N–H and O–H groups in total. The zero-order valence-electron chi connectivity index (χ0n) is 50.6. The van der Waals surface area contributed by atoms with Crippen LogP contribution in [-0.4, -0.2) is 172 Å². The molecule has 0 aliphatic rings. The molecule has 19 nitrogen and oxygen atoms in total. The van der Waals surface area contributed by atoms with E-state index in [0.29, 0.717) is 38.8 Å². The summed E-state index contributed by atoms with van der Waals surface area (Å²) in [7, 11) is 0. The van der Waals surface area contributed by atoms with E-state index in [-0.39, 0.29) is 38.1 Å². The summed E-state index contributed by atoms with van der Waals surface area (Å²) in [5.74, 6) is -4.02. The highest BCUT2D eigenvalue weighted by molar-refractivity contribution is 5.94. The van der Waals surface area contributed by atoms with Crippen LogP contribution in [0.5, 0.6) is 0 Å². The van der Waals surface area contributed by atoms with Crippen LogP contribution in [0.4, 0.5) is 0 Å². The molecule has 0 heterocycles. The lowest BCUT2D eigenvalue weighted by Gasteiger charge is -2.38. The van der Waals surface area contributed by atoms with E-state index in [2.05, 4.69) is 16.8 Å². The Kier molecular flexibility index (Phi) is 29.1. The molecule has 0 fully saturated rings. The normalized spacial score (nSPS) is 13.3. The highest BCUT2D eigenvalue weighted by Crippen LogP contribution is 2.27. The van der Waals surface area contributed by atoms with Crippen LogP contribution < -0.4 is 22.5 Å². The molecule has 0 saturated carbocycles. The minimum absolute atomic E-state index is 0.0621. The van der Waals surface area contributed by atoms with Crippen LogP contribution in [0.15, 0.2) is 121 Å². The number of quaternary nitrogens is 2. The number of carbonyl (C=O) groups excluding carboxylic acids is 8. The van der Waals surface area contributed by atoms with E-state index < -0.39 is 104 Å². The minimum atomic E-state index is -0.722. The summed E-state index contributed by atoms with van der Waals surface area (Å²) in [5, 5.41) is 3.20. The monoisotopic (exact) mass is 1150 g/mol. The molecule has 0 saturated heterocycles. The average Bonchev–Trinajstić information content (AvgIpc) is 3.51. The average molecular weight is 1150 g/mol. The number of rotatable bonds is 36. The van der Waals surface area contributed by atoms with Crippen molar-refractivity contribution in [2.45, 2.75) is 130 Å². The van der Waals surface area contributed by atoms with Gasteiger partial charge in [0.05, 0.1) is 56.9 Å². The number of nitrogens with one attached hydrogen (secondary N) is 1. The van der Waals surface area contributed by atoms with Crippen molar-refractivity contribution in [3.05, 3.63) is 144 Å². The number of nitrogens with zero attached hydrogens (tertiary/aromatic N) is 7. The van der Waals surface area contributed by atoms with Crippen LogP contribution in [0.3, 0.4) is 0 Å². The van der Waals surface area contributed by atoms with E-state index in [1.165, 1.54) is 29.4 Å². The Morgan fingerprint density at radius 1 is 0.398 bits per heavy atom. The first-order valence-electron chi connectivity index (χ1n) is 29.6. The van der Waals surface area contributed by atoms with Gasteiger partial charge in [-0.2, -0.15) is 0 Å². The molecule has 4 aromatic rings. The summed E-state index contributed by atoms with van der Waals surface area (Å²) >= 11 is 0. The quantitative estimate of drug-likeness (QED) is 0.0466. The lowest BCUT2D eigenvalue weighted by atomic mass is 10.0. The van der Waals surface area contributed by atoms with Crippen molar-refractivity contribution in [3.8, 4) is 0 Å². The van der Waals surface area contributed by atoms with Crippen LogP contribution in [-0.2, 0) is 38.4 Å². The Morgan fingerprint density at radius 2 is 0.699 bits per heavy atom. The molecule has 8 amide bonds. The van der Waals surface area contributed by atoms with Crippen LogP contribution in [0, 0.1) is 0 Å². The zero-order chi connectivity index (χ0) is 61.0. The highest BCUT2D eigenvalue weighted by Gasteiger charge is 2.36. The highest BCUT2D eigenvalue weighted by atomic mass is 16.2. The number of hydrogen-bond acceptors (Lipinski definition) is 9. The van der Waals surface area contributed by atoms with Crippen molar-refractivity contribution in [2.24, 2.45) is 5.73 Å². The van der Waals surface area contributed by atoms with E-state index in [9.17, 15) is 19.2 Å². The fourth-order valence-corrected chi connectivity index (χ4v) is 9.94. The Balaban J connectivity index is 1.73. The summed E-state index contributed by atoms with van der Waals surface area (Å²) < 4.78 is 0. The number of hydrogen-bond donors (Lipinski definition) is 4. The topological polar surface area (TPSA) is 253 Å². The van der Waals surface area contributed by atoms with Gasteiger partial charge in [0.1, 0.15) is 32.7 Å². The number of benzene rings is 4. The molecule has 0 aliphatic carbocycles. The molecule has 6 atom stereocenters. The van der Waals surface area contributed by atoms with E-state index in [1.54, 1.807) is 25.7 Å². The maximum atomic E-state index is 15.4. The van der Waals surface area contributed by atoms with Gasteiger partial charge in [0.2, 0.25) is 47.3 Å². The molecule has 19 heteroatoms. The van der Waals surface area contributed by atoms with Crippen molar-refractivity contribution < 1.29 is 49.8 Å². The van der Waals surface area contributed by atoms with Crippen molar-refractivity contribution in [1.29, 1.82) is 0 Å². The fraction of sp³-hybridized carbons (Fsp3) is 0.500. The van der Waals surface area contributed by atoms with Gasteiger partial charge in [0, 0.05) is 18.6 Å². The van der Waals surface area contributed by atoms with Crippen LogP contribution >= 0.6 is 0 Å². The molecule has 0 unspecified atom stereocenters. The van der Waals surface area contributed by atoms with Gasteiger partial charge < -0.3 is 56.8 Å². The summed E-state index contributed by atoms with van der Waals surface area (Å²) in [6.07, 6.45) is 4.03. The van der Waals surface area contributed by atoms with E-state index >= 15 is 19.2 Å². The van der Waals surface area contributed by atoms with E-state index in [4.69, 9.17) is 5.73 Å². The van der Waals surface area contributed by atoms with Gasteiger partial charge in [-0.15, -0.1) is 0 Å². The Morgan fingerprint density at radius 3 is 1.05 bits per heavy atom. The third kappa shape index (κ3) is 21.0. The Bertz CT molecular complexity index is 2650. The summed E-state index contributed by atoms with van der Waals surface area (Å²) in [4.78, 5) is 126. The molecule has 0 spiro atoms. The third-order valence-electron chi connectivity index (χ3n) is 15.8. The number of amides is 8. The predicted molar refractivity (Wildman–Crippen MR) is 322 cm³/mol. The number of primary amides is 1. The van der Waals surface area contributed by atoms with Crippen molar-refractivity contribution in [1.82, 2.24) is 39.6 Å². The first-order valence-corrected chi connectivity index (χ1v) is 29.6. The zero-order valence-corrected chi connectivity index (χ0v) is 50.6. The van der Waals surface area contributed by atoms with Crippen LogP contribution in [0.1, 0.15) is 140 Å². The lowest BCUT2D eigenvalue weighted by molar-refractivity contribution is -0.368. The van der Waals surface area contributed by atoms with Crippen molar-refractivity contribution >= 4 is 47.3 Å². The Labute approximate surface area is 492 Å². The molecule has 0 aromatic heterocycles. The number of nitrogens with two attached hydrogens (primary N) is 1. The minimum Gasteiger partial charge on any atom is -0.368 e. The first kappa shape index (κ1) is 68.0. The third-order valence-corrected chi connectivity index (χ3v) is 15.8.